The van der Waals surface area contributed by atoms with Crippen LogP contribution in [0, 0.1) is 6.92 Å². The van der Waals surface area contributed by atoms with Gasteiger partial charge in [0.2, 0.25) is 0 Å². The van der Waals surface area contributed by atoms with Crippen LogP contribution in [-0.2, 0) is 6.54 Å². The Labute approximate surface area is 111 Å². The number of aryl methyl sites for hydroxylation is 1. The van der Waals surface area contributed by atoms with Crippen LogP contribution < -0.4 is 5.32 Å². The number of likely N-dealkylation sites (N-methyl/N-ethyl adjacent to an activating group) is 1. The van der Waals surface area contributed by atoms with Gasteiger partial charge in [-0.05, 0) is 38.1 Å². The van der Waals surface area contributed by atoms with E-state index in [1.54, 1.807) is 0 Å². The standard InChI is InChI=1S/C15H26N2O/c1-4-9-16-10-15(18)12-17(3)11-14-8-6-5-7-13(14)2/h5-8,15-16,18H,4,9-12H2,1-3H3. The average molecular weight is 250 g/mol. The Morgan fingerprint density at radius 1 is 1.33 bits per heavy atom. The van der Waals surface area contributed by atoms with E-state index in [2.05, 4.69) is 55.4 Å². The molecular weight excluding hydrogens is 224 g/mol. The summed E-state index contributed by atoms with van der Waals surface area (Å²) in [6.45, 7) is 7.49. The van der Waals surface area contributed by atoms with E-state index >= 15 is 0 Å². The molecule has 0 fully saturated rings. The highest BCUT2D eigenvalue weighted by atomic mass is 16.3. The van der Waals surface area contributed by atoms with Crippen molar-refractivity contribution in [1.29, 1.82) is 0 Å². The van der Waals surface area contributed by atoms with Gasteiger partial charge in [0.1, 0.15) is 0 Å². The minimum Gasteiger partial charge on any atom is -0.390 e. The van der Waals surface area contributed by atoms with Crippen molar-refractivity contribution >= 4 is 0 Å². The first kappa shape index (κ1) is 15.2. The highest BCUT2D eigenvalue weighted by molar-refractivity contribution is 5.25. The number of hydrogen-bond donors (Lipinski definition) is 2. The zero-order chi connectivity index (χ0) is 13.4. The second-order valence-corrected chi connectivity index (χ2v) is 4.98. The summed E-state index contributed by atoms with van der Waals surface area (Å²) in [5.74, 6) is 0. The third kappa shape index (κ3) is 5.63. The van der Waals surface area contributed by atoms with Crippen LogP contribution in [0.4, 0.5) is 0 Å². The molecule has 1 atom stereocenters. The molecule has 1 unspecified atom stereocenters. The lowest BCUT2D eigenvalue weighted by molar-refractivity contribution is 0.121. The summed E-state index contributed by atoms with van der Waals surface area (Å²) in [5, 5.41) is 13.1. The zero-order valence-electron chi connectivity index (χ0n) is 11.8. The van der Waals surface area contributed by atoms with E-state index in [0.717, 1.165) is 19.5 Å². The molecule has 18 heavy (non-hydrogen) atoms. The fraction of sp³-hybridized carbons (Fsp3) is 0.600. The van der Waals surface area contributed by atoms with E-state index in [9.17, 15) is 5.11 Å². The van der Waals surface area contributed by atoms with Crippen LogP contribution in [0.2, 0.25) is 0 Å². The lowest BCUT2D eigenvalue weighted by Gasteiger charge is -2.21. The van der Waals surface area contributed by atoms with Gasteiger partial charge in [0.15, 0.2) is 0 Å². The van der Waals surface area contributed by atoms with Gasteiger partial charge in [-0.15, -0.1) is 0 Å². The molecule has 0 aliphatic carbocycles. The predicted molar refractivity (Wildman–Crippen MR) is 76.7 cm³/mol. The Morgan fingerprint density at radius 2 is 2.06 bits per heavy atom. The second-order valence-electron chi connectivity index (χ2n) is 4.98. The maximum atomic E-state index is 9.89. The van der Waals surface area contributed by atoms with Gasteiger partial charge in [-0.3, -0.25) is 4.90 Å². The van der Waals surface area contributed by atoms with E-state index < -0.39 is 0 Å². The number of aliphatic hydroxyl groups is 1. The molecule has 0 spiro atoms. The topological polar surface area (TPSA) is 35.5 Å². The second kappa shape index (κ2) is 8.25. The molecule has 3 nitrogen and oxygen atoms in total. The van der Waals surface area contributed by atoms with E-state index in [1.165, 1.54) is 11.1 Å². The smallest absolute Gasteiger partial charge is 0.0791 e. The minimum atomic E-state index is -0.300. The summed E-state index contributed by atoms with van der Waals surface area (Å²) in [6, 6.07) is 8.40. The molecule has 3 heteroatoms. The van der Waals surface area contributed by atoms with Gasteiger partial charge < -0.3 is 10.4 Å². The van der Waals surface area contributed by atoms with Crippen molar-refractivity contribution in [1.82, 2.24) is 10.2 Å². The fourth-order valence-electron chi connectivity index (χ4n) is 2.01. The van der Waals surface area contributed by atoms with Crippen molar-refractivity contribution in [3.05, 3.63) is 35.4 Å². The van der Waals surface area contributed by atoms with Crippen molar-refractivity contribution in [3.63, 3.8) is 0 Å². The zero-order valence-corrected chi connectivity index (χ0v) is 11.8. The molecule has 2 N–H and O–H groups in total. The van der Waals surface area contributed by atoms with Crippen molar-refractivity contribution < 1.29 is 5.11 Å². The highest BCUT2D eigenvalue weighted by Crippen LogP contribution is 2.09. The van der Waals surface area contributed by atoms with E-state index in [1.807, 2.05) is 0 Å². The van der Waals surface area contributed by atoms with Gasteiger partial charge in [0.05, 0.1) is 6.10 Å². The van der Waals surface area contributed by atoms with Crippen LogP contribution in [0.3, 0.4) is 0 Å². The Hall–Kier alpha value is -0.900. The lowest BCUT2D eigenvalue weighted by Crippen LogP contribution is -2.36. The van der Waals surface area contributed by atoms with Crippen LogP contribution in [0.25, 0.3) is 0 Å². The maximum Gasteiger partial charge on any atom is 0.0791 e. The predicted octanol–water partition coefficient (Wildman–Crippen LogP) is 1.79. The van der Waals surface area contributed by atoms with Gasteiger partial charge >= 0.3 is 0 Å². The number of nitrogens with zero attached hydrogens (tertiary/aromatic N) is 1. The largest absolute Gasteiger partial charge is 0.390 e. The van der Waals surface area contributed by atoms with Crippen molar-refractivity contribution in [2.75, 3.05) is 26.7 Å². The molecule has 1 aromatic carbocycles. The fourth-order valence-corrected chi connectivity index (χ4v) is 2.01. The van der Waals surface area contributed by atoms with Crippen LogP contribution in [-0.4, -0.2) is 42.8 Å². The summed E-state index contributed by atoms with van der Waals surface area (Å²) >= 11 is 0. The quantitative estimate of drug-likeness (QED) is 0.691. The van der Waals surface area contributed by atoms with Crippen LogP contribution >= 0.6 is 0 Å². The van der Waals surface area contributed by atoms with Crippen LogP contribution in [0.1, 0.15) is 24.5 Å². The molecular formula is C15H26N2O. The molecule has 0 aliphatic rings. The van der Waals surface area contributed by atoms with Crippen molar-refractivity contribution in [2.24, 2.45) is 0 Å². The first-order valence-corrected chi connectivity index (χ1v) is 6.75. The Morgan fingerprint density at radius 3 is 2.72 bits per heavy atom. The monoisotopic (exact) mass is 250 g/mol. The van der Waals surface area contributed by atoms with Gasteiger partial charge in [-0.2, -0.15) is 0 Å². The Kier molecular flexibility index (Phi) is 6.94. The lowest BCUT2D eigenvalue weighted by atomic mass is 10.1. The molecule has 0 amide bonds. The summed E-state index contributed by atoms with van der Waals surface area (Å²) in [5.41, 5.74) is 2.64. The normalized spacial score (nSPS) is 12.9. The molecule has 1 aromatic rings. The number of hydrogen-bond acceptors (Lipinski definition) is 3. The van der Waals surface area contributed by atoms with Crippen molar-refractivity contribution in [3.8, 4) is 0 Å². The Bertz CT molecular complexity index is 341. The summed E-state index contributed by atoms with van der Waals surface area (Å²) in [4.78, 5) is 2.17. The van der Waals surface area contributed by atoms with Crippen LogP contribution in [0.5, 0.6) is 0 Å². The van der Waals surface area contributed by atoms with E-state index in [0.29, 0.717) is 13.1 Å². The molecule has 0 saturated heterocycles. The molecule has 0 saturated carbocycles. The highest BCUT2D eigenvalue weighted by Gasteiger charge is 2.08. The molecule has 102 valence electrons. The third-order valence-corrected chi connectivity index (χ3v) is 3.03. The number of benzene rings is 1. The van der Waals surface area contributed by atoms with E-state index in [4.69, 9.17) is 0 Å². The van der Waals surface area contributed by atoms with Gasteiger partial charge in [0, 0.05) is 19.6 Å². The minimum absolute atomic E-state index is 0.300. The first-order chi connectivity index (χ1) is 8.63. The number of nitrogens with one attached hydrogen (secondary N) is 1. The molecule has 1 rings (SSSR count). The molecule has 0 aliphatic heterocycles. The molecule has 0 aromatic heterocycles. The van der Waals surface area contributed by atoms with E-state index in [-0.39, 0.29) is 6.10 Å². The van der Waals surface area contributed by atoms with Gasteiger partial charge in [-0.25, -0.2) is 0 Å². The first-order valence-electron chi connectivity index (χ1n) is 6.75. The Balaban J connectivity index is 2.33. The molecule has 0 heterocycles. The van der Waals surface area contributed by atoms with Gasteiger partial charge in [-0.1, -0.05) is 31.2 Å². The summed E-state index contributed by atoms with van der Waals surface area (Å²) in [7, 11) is 2.05. The number of rotatable bonds is 8. The SMILES string of the molecule is CCCNCC(O)CN(C)Cc1ccccc1C. The third-order valence-electron chi connectivity index (χ3n) is 3.03. The molecule has 0 bridgehead atoms. The summed E-state index contributed by atoms with van der Waals surface area (Å²) in [6.07, 6.45) is 0.803. The molecule has 0 radical (unpaired) electrons. The summed E-state index contributed by atoms with van der Waals surface area (Å²) < 4.78 is 0. The number of aliphatic hydroxyl groups excluding tert-OH is 1. The average Bonchev–Trinajstić information content (AvgIpc) is 2.32. The van der Waals surface area contributed by atoms with Crippen molar-refractivity contribution in [2.45, 2.75) is 32.9 Å². The van der Waals surface area contributed by atoms with Crippen LogP contribution in [0.15, 0.2) is 24.3 Å². The maximum absolute atomic E-state index is 9.89. The van der Waals surface area contributed by atoms with Gasteiger partial charge in [0.25, 0.3) is 0 Å².